The van der Waals surface area contributed by atoms with E-state index in [0.717, 1.165) is 11.5 Å². The molecule has 1 rings (SSSR count). The molecule has 0 amide bonds. The van der Waals surface area contributed by atoms with E-state index in [4.69, 9.17) is 4.74 Å². The normalized spacial score (nSPS) is 11.7. The smallest absolute Gasteiger partial charge is 0.343 e. The molecule has 108 valence electrons. The van der Waals surface area contributed by atoms with Crippen LogP contribution in [0.1, 0.15) is 36.8 Å². The van der Waals surface area contributed by atoms with Gasteiger partial charge in [-0.05, 0) is 53.3 Å². The number of anilines is 1. The van der Waals surface area contributed by atoms with Gasteiger partial charge in [0.2, 0.25) is 0 Å². The molecule has 0 saturated carbocycles. The minimum Gasteiger partial charge on any atom is -0.462 e. The highest BCUT2D eigenvalue weighted by Gasteiger charge is 2.24. The van der Waals surface area contributed by atoms with Gasteiger partial charge in [-0.15, -0.1) is 0 Å². The van der Waals surface area contributed by atoms with Gasteiger partial charge in [0.1, 0.15) is 10.6 Å². The third-order valence-corrected chi connectivity index (χ3v) is 4.13. The summed E-state index contributed by atoms with van der Waals surface area (Å²) in [5.41, 5.74) is 1.26. The summed E-state index contributed by atoms with van der Waals surface area (Å²) in [6.07, 6.45) is 0. The van der Waals surface area contributed by atoms with E-state index in [0.29, 0.717) is 17.9 Å². The summed E-state index contributed by atoms with van der Waals surface area (Å²) < 4.78 is 9.29. The largest absolute Gasteiger partial charge is 0.462 e. The maximum atomic E-state index is 11.9. The zero-order chi connectivity index (χ0) is 14.6. The van der Waals surface area contributed by atoms with Crippen LogP contribution in [0, 0.1) is 6.92 Å². The number of aryl methyl sites for hydroxylation is 1. The van der Waals surface area contributed by atoms with E-state index in [1.807, 2.05) is 21.0 Å². The first-order chi connectivity index (χ1) is 8.79. The van der Waals surface area contributed by atoms with E-state index in [1.165, 1.54) is 11.5 Å². The summed E-state index contributed by atoms with van der Waals surface area (Å²) in [7, 11) is 4.07. The minimum atomic E-state index is -0.307. The van der Waals surface area contributed by atoms with Crippen LogP contribution in [-0.4, -0.2) is 48.0 Å². The fourth-order valence-electron chi connectivity index (χ4n) is 1.39. The molecule has 6 heteroatoms. The van der Waals surface area contributed by atoms with Crippen molar-refractivity contribution < 1.29 is 9.53 Å². The Morgan fingerprint density at radius 3 is 2.63 bits per heavy atom. The van der Waals surface area contributed by atoms with Crippen LogP contribution in [0.3, 0.4) is 0 Å². The first-order valence-corrected chi connectivity index (χ1v) is 7.11. The van der Waals surface area contributed by atoms with Gasteiger partial charge in [-0.2, -0.15) is 4.37 Å². The van der Waals surface area contributed by atoms with Crippen LogP contribution < -0.4 is 5.32 Å². The Labute approximate surface area is 119 Å². The Hall–Kier alpha value is -1.14. The second-order valence-corrected chi connectivity index (χ2v) is 6.03. The Morgan fingerprint density at radius 2 is 2.11 bits per heavy atom. The van der Waals surface area contributed by atoms with E-state index in [9.17, 15) is 4.79 Å². The molecule has 1 N–H and O–H groups in total. The monoisotopic (exact) mass is 285 g/mol. The highest BCUT2D eigenvalue weighted by atomic mass is 32.1. The van der Waals surface area contributed by atoms with Gasteiger partial charge in [-0.25, -0.2) is 4.79 Å². The molecule has 0 fully saturated rings. The molecule has 1 aromatic heterocycles. The van der Waals surface area contributed by atoms with Crippen molar-refractivity contribution in [2.24, 2.45) is 0 Å². The van der Waals surface area contributed by atoms with Crippen LogP contribution in [0.15, 0.2) is 0 Å². The SMILES string of the molecule is CCOC(=O)c1c(C)nsc1NCC(C)(C)N(C)C. The zero-order valence-electron chi connectivity index (χ0n) is 12.5. The predicted octanol–water partition coefficient (Wildman–Crippen LogP) is 2.38. The molecule has 0 radical (unpaired) electrons. The summed E-state index contributed by atoms with van der Waals surface area (Å²) in [4.78, 5) is 14.0. The molecule has 0 unspecified atom stereocenters. The van der Waals surface area contributed by atoms with Crippen LogP contribution in [0.4, 0.5) is 5.00 Å². The van der Waals surface area contributed by atoms with Gasteiger partial charge in [-0.3, -0.25) is 0 Å². The molecule has 0 atom stereocenters. The molecule has 1 heterocycles. The van der Waals surface area contributed by atoms with E-state index < -0.39 is 0 Å². The number of ether oxygens (including phenoxy) is 1. The van der Waals surface area contributed by atoms with E-state index in [-0.39, 0.29) is 11.5 Å². The Bertz CT molecular complexity index is 441. The van der Waals surface area contributed by atoms with Crippen LogP contribution in [0.25, 0.3) is 0 Å². The molecule has 19 heavy (non-hydrogen) atoms. The molecule has 0 spiro atoms. The molecule has 0 saturated heterocycles. The Balaban J connectivity index is 2.83. The van der Waals surface area contributed by atoms with Crippen molar-refractivity contribution in [3.63, 3.8) is 0 Å². The lowest BCUT2D eigenvalue weighted by molar-refractivity contribution is 0.0527. The topological polar surface area (TPSA) is 54.5 Å². The second kappa shape index (κ2) is 6.34. The maximum absolute atomic E-state index is 11.9. The van der Waals surface area contributed by atoms with Gasteiger partial charge >= 0.3 is 5.97 Å². The molecule has 0 aromatic carbocycles. The van der Waals surface area contributed by atoms with Crippen molar-refractivity contribution in [1.29, 1.82) is 0 Å². The minimum absolute atomic E-state index is 0.0101. The third-order valence-electron chi connectivity index (χ3n) is 3.23. The number of nitrogens with zero attached hydrogens (tertiary/aromatic N) is 2. The molecule has 5 nitrogen and oxygen atoms in total. The summed E-state index contributed by atoms with van der Waals surface area (Å²) in [5, 5.41) is 4.09. The highest BCUT2D eigenvalue weighted by molar-refractivity contribution is 7.10. The molecule has 0 aliphatic rings. The van der Waals surface area contributed by atoms with Gasteiger partial charge in [0.05, 0.1) is 12.3 Å². The van der Waals surface area contributed by atoms with Crippen LogP contribution in [-0.2, 0) is 4.74 Å². The standard InChI is InChI=1S/C13H23N3O2S/c1-7-18-12(17)10-9(2)15-19-11(10)14-8-13(3,4)16(5)6/h14H,7-8H2,1-6H3. The number of carbonyl (C=O) groups excluding carboxylic acids is 1. The number of hydrogen-bond donors (Lipinski definition) is 1. The zero-order valence-corrected chi connectivity index (χ0v) is 13.3. The average Bonchev–Trinajstić information content (AvgIpc) is 2.68. The maximum Gasteiger partial charge on any atom is 0.343 e. The average molecular weight is 285 g/mol. The predicted molar refractivity (Wildman–Crippen MR) is 79.1 cm³/mol. The Kier molecular flexibility index (Phi) is 5.31. The number of aromatic nitrogens is 1. The lowest BCUT2D eigenvalue weighted by Crippen LogP contribution is -2.44. The quantitative estimate of drug-likeness (QED) is 0.813. The lowest BCUT2D eigenvalue weighted by atomic mass is 10.0. The number of nitrogens with one attached hydrogen (secondary N) is 1. The number of esters is 1. The summed E-state index contributed by atoms with van der Waals surface area (Å²) in [6, 6.07) is 0. The number of likely N-dealkylation sites (N-methyl/N-ethyl adjacent to an activating group) is 1. The van der Waals surface area contributed by atoms with Crippen molar-refractivity contribution in [3.8, 4) is 0 Å². The van der Waals surface area contributed by atoms with Crippen LogP contribution in [0.5, 0.6) is 0 Å². The molecule has 1 aromatic rings. The van der Waals surface area contributed by atoms with Gasteiger partial charge in [0.15, 0.2) is 0 Å². The summed E-state index contributed by atoms with van der Waals surface area (Å²) >= 11 is 1.30. The van der Waals surface area contributed by atoms with Crippen LogP contribution in [0.2, 0.25) is 0 Å². The van der Waals surface area contributed by atoms with Crippen molar-refractivity contribution in [3.05, 3.63) is 11.3 Å². The first kappa shape index (κ1) is 15.9. The van der Waals surface area contributed by atoms with Gasteiger partial charge in [0, 0.05) is 12.1 Å². The van der Waals surface area contributed by atoms with Gasteiger partial charge < -0.3 is 15.0 Å². The fourth-order valence-corrected chi connectivity index (χ4v) is 2.17. The van der Waals surface area contributed by atoms with Gasteiger partial charge in [-0.1, -0.05) is 0 Å². The molecule has 0 bridgehead atoms. The number of hydrogen-bond acceptors (Lipinski definition) is 6. The van der Waals surface area contributed by atoms with Gasteiger partial charge in [0.25, 0.3) is 0 Å². The summed E-state index contributed by atoms with van der Waals surface area (Å²) in [6.45, 7) is 9.00. The van der Waals surface area contributed by atoms with Crippen LogP contribution >= 0.6 is 11.5 Å². The summed E-state index contributed by atoms with van der Waals surface area (Å²) in [5.74, 6) is -0.307. The van der Waals surface area contributed by atoms with E-state index in [1.54, 1.807) is 6.92 Å². The number of carbonyl (C=O) groups is 1. The fraction of sp³-hybridized carbons (Fsp3) is 0.692. The molecule has 0 aliphatic carbocycles. The van der Waals surface area contributed by atoms with Crippen molar-refractivity contribution in [2.45, 2.75) is 33.2 Å². The number of rotatable bonds is 6. The Morgan fingerprint density at radius 1 is 1.47 bits per heavy atom. The van der Waals surface area contributed by atoms with Crippen molar-refractivity contribution in [2.75, 3.05) is 32.6 Å². The first-order valence-electron chi connectivity index (χ1n) is 6.34. The molecule has 0 aliphatic heterocycles. The van der Waals surface area contributed by atoms with Crippen molar-refractivity contribution >= 4 is 22.5 Å². The van der Waals surface area contributed by atoms with E-state index in [2.05, 4.69) is 28.4 Å². The second-order valence-electron chi connectivity index (χ2n) is 5.25. The van der Waals surface area contributed by atoms with Crippen molar-refractivity contribution in [1.82, 2.24) is 9.27 Å². The molecular weight excluding hydrogens is 262 g/mol. The highest BCUT2D eigenvalue weighted by Crippen LogP contribution is 2.26. The molecular formula is C13H23N3O2S. The lowest BCUT2D eigenvalue weighted by Gasteiger charge is -2.32. The third kappa shape index (κ3) is 3.91. The van der Waals surface area contributed by atoms with E-state index >= 15 is 0 Å².